The van der Waals surface area contributed by atoms with E-state index in [0.29, 0.717) is 5.71 Å². The molecule has 2 rings (SSSR count). The van der Waals surface area contributed by atoms with E-state index in [1.807, 2.05) is 0 Å². The maximum atomic E-state index is 13.4. The molecule has 0 bridgehead atoms. The van der Waals surface area contributed by atoms with Gasteiger partial charge in [0.25, 0.3) is 0 Å². The minimum Gasteiger partial charge on any atom is -0.393 e. The maximum Gasteiger partial charge on any atom is 0.417 e. The minimum absolute atomic E-state index is 0.0259. The fourth-order valence-electron chi connectivity index (χ4n) is 2.86. The Kier molecular flexibility index (Phi) is 5.95. The van der Waals surface area contributed by atoms with Gasteiger partial charge in [0.05, 0.1) is 11.3 Å². The lowest BCUT2D eigenvalue weighted by molar-refractivity contribution is -0.137. The summed E-state index contributed by atoms with van der Waals surface area (Å²) in [6.07, 6.45) is 0.0976. The number of halogens is 4. The van der Waals surface area contributed by atoms with Crippen LogP contribution < -0.4 is 0 Å². The molecular weight excluding hydrogens is 327 g/mol. The highest BCUT2D eigenvalue weighted by atomic mass is 35.5. The van der Waals surface area contributed by atoms with Crippen molar-refractivity contribution in [2.75, 3.05) is 0 Å². The van der Waals surface area contributed by atoms with Gasteiger partial charge in [0.2, 0.25) is 0 Å². The van der Waals surface area contributed by atoms with Gasteiger partial charge in [0.15, 0.2) is 0 Å². The number of benzene rings is 1. The lowest BCUT2D eigenvalue weighted by atomic mass is 9.82. The lowest BCUT2D eigenvalue weighted by Crippen LogP contribution is -2.23. The second-order valence-corrected chi connectivity index (χ2v) is 6.59. The zero-order chi connectivity index (χ0) is 17.0. The Balaban J connectivity index is 2.49. The Morgan fingerprint density at radius 1 is 1.22 bits per heavy atom. The number of rotatable bonds is 4. The zero-order valence-electron chi connectivity index (χ0n) is 13.3. The van der Waals surface area contributed by atoms with Crippen LogP contribution in [0.25, 0.3) is 0 Å². The van der Waals surface area contributed by atoms with Gasteiger partial charge in [-0.3, -0.25) is 0 Å². The number of alkyl halides is 3. The Morgan fingerprint density at radius 3 is 2.43 bits per heavy atom. The SMILES string of the molecule is CC(C)O/N=C(/c1cc(Cl)ccc1C(F)(F)F)C1CCCCC1. The molecule has 0 amide bonds. The molecule has 128 valence electrons. The largest absolute Gasteiger partial charge is 0.417 e. The second kappa shape index (κ2) is 7.56. The molecule has 0 radical (unpaired) electrons. The van der Waals surface area contributed by atoms with Crippen LogP contribution in [0.4, 0.5) is 13.2 Å². The summed E-state index contributed by atoms with van der Waals surface area (Å²) in [5.74, 6) is -0.0259. The van der Waals surface area contributed by atoms with Crippen molar-refractivity contribution in [2.45, 2.75) is 58.2 Å². The maximum absolute atomic E-state index is 13.4. The first-order valence-electron chi connectivity index (χ1n) is 7.90. The second-order valence-electron chi connectivity index (χ2n) is 6.15. The van der Waals surface area contributed by atoms with Crippen molar-refractivity contribution < 1.29 is 18.0 Å². The molecule has 1 aromatic carbocycles. The smallest absolute Gasteiger partial charge is 0.393 e. The third-order valence-electron chi connectivity index (χ3n) is 3.92. The third-order valence-corrected chi connectivity index (χ3v) is 4.15. The molecule has 0 saturated heterocycles. The van der Waals surface area contributed by atoms with Crippen molar-refractivity contribution in [3.8, 4) is 0 Å². The van der Waals surface area contributed by atoms with E-state index in [-0.39, 0.29) is 22.6 Å². The number of oxime groups is 1. The predicted octanol–water partition coefficient (Wildman–Crippen LogP) is 6.07. The molecule has 1 fully saturated rings. The van der Waals surface area contributed by atoms with Crippen molar-refractivity contribution in [2.24, 2.45) is 11.1 Å². The fourth-order valence-corrected chi connectivity index (χ4v) is 3.03. The molecule has 0 unspecified atom stereocenters. The quantitative estimate of drug-likeness (QED) is 0.478. The molecule has 6 heteroatoms. The number of nitrogens with zero attached hydrogens (tertiary/aromatic N) is 1. The Morgan fingerprint density at radius 2 is 1.87 bits per heavy atom. The van der Waals surface area contributed by atoms with Crippen LogP contribution in [-0.4, -0.2) is 11.8 Å². The molecule has 0 N–H and O–H groups in total. The highest BCUT2D eigenvalue weighted by Crippen LogP contribution is 2.37. The fraction of sp³-hybridized carbons (Fsp3) is 0.588. The van der Waals surface area contributed by atoms with Crippen LogP contribution >= 0.6 is 11.6 Å². The first-order chi connectivity index (χ1) is 10.8. The Labute approximate surface area is 139 Å². The molecule has 0 atom stereocenters. The average molecular weight is 348 g/mol. The van der Waals surface area contributed by atoms with Gasteiger partial charge in [-0.2, -0.15) is 13.2 Å². The van der Waals surface area contributed by atoms with Crippen LogP contribution in [0.2, 0.25) is 5.02 Å². The van der Waals surface area contributed by atoms with Gasteiger partial charge in [-0.25, -0.2) is 0 Å². The van der Waals surface area contributed by atoms with Crippen LogP contribution in [0.3, 0.4) is 0 Å². The monoisotopic (exact) mass is 347 g/mol. The van der Waals surface area contributed by atoms with Gasteiger partial charge in [-0.15, -0.1) is 0 Å². The Bertz CT molecular complexity index is 563. The highest BCUT2D eigenvalue weighted by molar-refractivity contribution is 6.31. The molecule has 0 spiro atoms. The summed E-state index contributed by atoms with van der Waals surface area (Å²) in [5, 5.41) is 4.36. The molecule has 23 heavy (non-hydrogen) atoms. The van der Waals surface area contributed by atoms with Gasteiger partial charge in [-0.1, -0.05) is 36.0 Å². The van der Waals surface area contributed by atoms with Crippen LogP contribution in [-0.2, 0) is 11.0 Å². The van der Waals surface area contributed by atoms with Crippen molar-refractivity contribution in [1.29, 1.82) is 0 Å². The van der Waals surface area contributed by atoms with Crippen molar-refractivity contribution in [3.63, 3.8) is 0 Å². The van der Waals surface area contributed by atoms with E-state index in [1.165, 1.54) is 12.1 Å². The summed E-state index contributed by atoms with van der Waals surface area (Å²) in [7, 11) is 0. The van der Waals surface area contributed by atoms with E-state index in [1.54, 1.807) is 13.8 Å². The van der Waals surface area contributed by atoms with E-state index >= 15 is 0 Å². The van der Waals surface area contributed by atoms with Crippen molar-refractivity contribution in [1.82, 2.24) is 0 Å². The van der Waals surface area contributed by atoms with E-state index in [4.69, 9.17) is 16.4 Å². The topological polar surface area (TPSA) is 21.6 Å². The molecule has 1 aromatic rings. The summed E-state index contributed by atoms with van der Waals surface area (Å²) in [5.41, 5.74) is -0.302. The van der Waals surface area contributed by atoms with Gasteiger partial charge in [0, 0.05) is 16.5 Å². The van der Waals surface area contributed by atoms with Gasteiger partial charge < -0.3 is 4.84 Å². The van der Waals surface area contributed by atoms with Gasteiger partial charge in [0.1, 0.15) is 6.10 Å². The molecular formula is C17H21ClF3NO. The third kappa shape index (κ3) is 4.87. The molecule has 1 aliphatic carbocycles. The number of hydrogen-bond donors (Lipinski definition) is 0. The molecule has 0 aromatic heterocycles. The van der Waals surface area contributed by atoms with Crippen LogP contribution in [0.15, 0.2) is 23.4 Å². The molecule has 0 heterocycles. The van der Waals surface area contributed by atoms with Crippen molar-refractivity contribution in [3.05, 3.63) is 34.3 Å². The molecule has 0 aliphatic heterocycles. The lowest BCUT2D eigenvalue weighted by Gasteiger charge is -2.25. The van der Waals surface area contributed by atoms with E-state index in [0.717, 1.165) is 38.2 Å². The summed E-state index contributed by atoms with van der Waals surface area (Å²) in [6, 6.07) is 3.63. The van der Waals surface area contributed by atoms with Crippen LogP contribution in [0.5, 0.6) is 0 Å². The van der Waals surface area contributed by atoms with E-state index in [9.17, 15) is 13.2 Å². The van der Waals surface area contributed by atoms with Crippen molar-refractivity contribution >= 4 is 17.3 Å². The molecule has 1 aliphatic rings. The average Bonchev–Trinajstić information content (AvgIpc) is 2.47. The zero-order valence-corrected chi connectivity index (χ0v) is 14.0. The summed E-state index contributed by atoms with van der Waals surface area (Å²) in [4.78, 5) is 5.30. The van der Waals surface area contributed by atoms with Crippen LogP contribution in [0.1, 0.15) is 57.1 Å². The number of hydrogen-bond acceptors (Lipinski definition) is 2. The summed E-state index contributed by atoms with van der Waals surface area (Å²) >= 11 is 5.95. The van der Waals surface area contributed by atoms with E-state index < -0.39 is 11.7 Å². The minimum atomic E-state index is -4.45. The standard InChI is InChI=1S/C17H21ClF3NO/c1-11(2)23-22-16(12-6-4-3-5-7-12)14-10-13(18)8-9-15(14)17(19,20)21/h8-12H,3-7H2,1-2H3/b22-16+. The van der Waals surface area contributed by atoms with E-state index in [2.05, 4.69) is 5.16 Å². The van der Waals surface area contributed by atoms with Gasteiger partial charge >= 0.3 is 6.18 Å². The summed E-state index contributed by atoms with van der Waals surface area (Å²) < 4.78 is 40.1. The normalized spacial score (nSPS) is 17.6. The summed E-state index contributed by atoms with van der Waals surface area (Å²) in [6.45, 7) is 3.59. The predicted molar refractivity (Wildman–Crippen MR) is 85.8 cm³/mol. The first-order valence-corrected chi connectivity index (χ1v) is 8.27. The van der Waals surface area contributed by atoms with Gasteiger partial charge in [-0.05, 0) is 44.9 Å². The Hall–Kier alpha value is -1.23. The highest BCUT2D eigenvalue weighted by Gasteiger charge is 2.36. The first kappa shape index (κ1) is 18.1. The molecule has 1 saturated carbocycles. The molecule has 2 nitrogen and oxygen atoms in total. The van der Waals surface area contributed by atoms with Crippen LogP contribution in [0, 0.1) is 5.92 Å².